The average molecular weight is 1570 g/mol. The summed E-state index contributed by atoms with van der Waals surface area (Å²) in [6.45, 7) is 4.63. The number of hydrogen-bond acceptors (Lipinski definition) is 8. The van der Waals surface area contributed by atoms with Crippen molar-refractivity contribution in [3.05, 3.63) is 424 Å². The molecular weight excluding hydrogens is 1490 g/mol. The lowest BCUT2D eigenvalue weighted by molar-refractivity contribution is 0.623. The Morgan fingerprint density at radius 3 is 1.73 bits per heavy atom. The van der Waals surface area contributed by atoms with Gasteiger partial charge in [0.05, 0.1) is 79.1 Å². The number of anilines is 6. The summed E-state index contributed by atoms with van der Waals surface area (Å²) in [5.41, 5.74) is 36.0. The van der Waals surface area contributed by atoms with Gasteiger partial charge >= 0.3 is 0 Å². The molecule has 11 heteroatoms. The third kappa shape index (κ3) is 11.8. The minimum atomic E-state index is -0.280. The first-order valence-corrected chi connectivity index (χ1v) is 41.9. The van der Waals surface area contributed by atoms with Gasteiger partial charge in [0.15, 0.2) is 0 Å². The molecule has 14 aromatic carbocycles. The van der Waals surface area contributed by atoms with Crippen LogP contribution < -0.4 is 9.80 Å². The highest BCUT2D eigenvalue weighted by Gasteiger charge is 2.37. The fourth-order valence-electron chi connectivity index (χ4n) is 18.8. The first kappa shape index (κ1) is 70.7. The zero-order chi connectivity index (χ0) is 80.2. The molecule has 8 aromatic heterocycles. The molecule has 22 aromatic rings. The van der Waals surface area contributed by atoms with E-state index in [9.17, 15) is 0 Å². The molecule has 1 aliphatic carbocycles. The number of rotatable bonds is 7. The molecule has 0 saturated carbocycles. The van der Waals surface area contributed by atoms with Crippen LogP contribution in [0.4, 0.5) is 34.3 Å². The van der Waals surface area contributed by atoms with Crippen LogP contribution in [0.3, 0.4) is 0 Å². The van der Waals surface area contributed by atoms with Crippen LogP contribution in [-0.2, 0) is 5.41 Å². The van der Waals surface area contributed by atoms with Gasteiger partial charge in [-0.1, -0.05) is 257 Å². The van der Waals surface area contributed by atoms with Crippen molar-refractivity contribution < 1.29 is 0 Å². The summed E-state index contributed by atoms with van der Waals surface area (Å²) < 4.78 is 8.26. The SMILES string of the molecule is CC1(C)c2ccc3ccn(-c4ccc5c6ccccc6n(-c6ccccc6)c5c4)c3c2-c2ccccc2-c2cccnc21.c1ccc(-c2cc(-c3ccccc3)cc(N3c4cncnc4-c4ccccc4-c4c3ccc3sccc43)c2)cc1.c1ccc(-n2ccc3nc4c(cc32)-c2ccccc2N(c2ccc3ccccc3n2)c2ccccc2-4)cc1. The summed E-state index contributed by atoms with van der Waals surface area (Å²) >= 11 is 1.78. The third-order valence-electron chi connectivity index (χ3n) is 24.3. The smallest absolute Gasteiger partial charge is 0.138 e. The molecule has 570 valence electrons. The van der Waals surface area contributed by atoms with Crippen molar-refractivity contribution in [3.63, 3.8) is 0 Å². The van der Waals surface area contributed by atoms with Crippen LogP contribution in [0.2, 0.25) is 0 Å². The molecule has 0 fully saturated rings. The van der Waals surface area contributed by atoms with Crippen LogP contribution >= 0.6 is 11.3 Å². The van der Waals surface area contributed by atoms with Crippen molar-refractivity contribution in [1.29, 1.82) is 0 Å². The van der Waals surface area contributed by atoms with Gasteiger partial charge in [-0.2, -0.15) is 0 Å². The third-order valence-corrected chi connectivity index (χ3v) is 25.2. The highest BCUT2D eigenvalue weighted by Crippen LogP contribution is 2.56. The summed E-state index contributed by atoms with van der Waals surface area (Å²) in [5, 5.41) is 8.31. The molecule has 121 heavy (non-hydrogen) atoms. The predicted molar refractivity (Wildman–Crippen MR) is 501 cm³/mol. The Hall–Kier alpha value is -15.7. The highest BCUT2D eigenvalue weighted by molar-refractivity contribution is 7.17. The maximum absolute atomic E-state index is 5.27. The Labute approximate surface area is 703 Å². The van der Waals surface area contributed by atoms with Crippen LogP contribution in [0, 0.1) is 0 Å². The lowest BCUT2D eigenvalue weighted by atomic mass is 9.78. The van der Waals surface area contributed by atoms with Gasteiger partial charge in [0.25, 0.3) is 0 Å². The molecule has 10 heterocycles. The van der Waals surface area contributed by atoms with Crippen LogP contribution in [0.5, 0.6) is 0 Å². The van der Waals surface area contributed by atoms with Gasteiger partial charge in [0, 0.05) is 117 Å². The maximum atomic E-state index is 5.27. The standard InChI is InChI=1S/C40H29N3.C36H23N3S.C34H22N4/c1-40(2)34-21-18-26-22-24-42(38(26)37(34)32-15-7-6-13-29(32)33-16-10-23-41-39(33)40)28-19-20-31-30-14-8-9-17-35(30)43(36(31)25-28)27-11-4-3-5-12-27;1-3-9-24(10-4-1)26-19-27(25-11-5-2-6-12-25)21-28(20-26)39-32-15-16-34-31(17-18-40-34)35(32)29-13-7-8-14-30(29)36-33(39)22-37-23-38-36;1-2-11-24(12-3-1)37-21-20-29-32(37)22-27-25-13-5-8-16-30(25)38(31-17-9-6-14-26(31)34(27)36-29)33-19-18-23-10-4-7-15-28(23)35-33/h3-25H,1-2H3;1-23H;1-22H. The van der Waals surface area contributed by atoms with Gasteiger partial charge in [0.1, 0.15) is 12.1 Å². The second-order valence-corrected chi connectivity index (χ2v) is 32.5. The molecule has 0 bridgehead atoms. The van der Waals surface area contributed by atoms with E-state index in [0.29, 0.717) is 0 Å². The molecule has 0 unspecified atom stereocenters. The van der Waals surface area contributed by atoms with E-state index >= 15 is 0 Å². The van der Waals surface area contributed by atoms with Crippen molar-refractivity contribution in [2.45, 2.75) is 19.3 Å². The van der Waals surface area contributed by atoms with Gasteiger partial charge in [-0.15, -0.1) is 11.3 Å². The summed E-state index contributed by atoms with van der Waals surface area (Å²) in [6.07, 6.45) is 9.86. The quantitative estimate of drug-likeness (QED) is 0.157. The molecule has 2 aliphatic heterocycles. The molecule has 0 amide bonds. The average Bonchev–Trinajstić information content (AvgIpc) is 1.57. The molecule has 0 N–H and O–H groups in total. The predicted octanol–water partition coefficient (Wildman–Crippen LogP) is 28.9. The highest BCUT2D eigenvalue weighted by atomic mass is 32.1. The second kappa shape index (κ2) is 28.9. The van der Waals surface area contributed by atoms with Gasteiger partial charge < -0.3 is 18.6 Å². The van der Waals surface area contributed by atoms with Crippen molar-refractivity contribution in [2.24, 2.45) is 0 Å². The zero-order valence-corrected chi connectivity index (χ0v) is 67.0. The largest absolute Gasteiger partial charge is 0.316 e. The van der Waals surface area contributed by atoms with Gasteiger partial charge in [-0.25, -0.2) is 19.9 Å². The number of nitrogens with zero attached hydrogens (tertiary/aromatic N) is 10. The van der Waals surface area contributed by atoms with Crippen LogP contribution in [-0.4, -0.2) is 38.6 Å². The normalized spacial score (nSPS) is 12.6. The number of aromatic nitrogens is 8. The Kier molecular flexibility index (Phi) is 16.9. The van der Waals surface area contributed by atoms with E-state index in [0.717, 1.165) is 124 Å². The number of fused-ring (bicyclic) bond motifs is 24. The molecule has 3 aliphatic rings. The van der Waals surface area contributed by atoms with E-state index in [2.05, 4.69) is 424 Å². The number of hydrogen-bond donors (Lipinski definition) is 0. The number of benzene rings is 14. The van der Waals surface area contributed by atoms with Gasteiger partial charge in [0.2, 0.25) is 0 Å². The van der Waals surface area contributed by atoms with Gasteiger partial charge in [-0.05, 0) is 183 Å². The van der Waals surface area contributed by atoms with E-state index in [4.69, 9.17) is 19.9 Å². The van der Waals surface area contributed by atoms with Crippen molar-refractivity contribution >= 4 is 110 Å². The molecule has 25 rings (SSSR count). The topological polar surface area (TPSA) is 85.7 Å². The minimum absolute atomic E-state index is 0.280. The van der Waals surface area contributed by atoms with Crippen molar-refractivity contribution in [1.82, 2.24) is 38.6 Å². The van der Waals surface area contributed by atoms with E-state index in [1.807, 2.05) is 24.5 Å². The Balaban J connectivity index is 0.000000106. The van der Waals surface area contributed by atoms with E-state index < -0.39 is 0 Å². The lowest BCUT2D eigenvalue weighted by Crippen LogP contribution is -2.21. The van der Waals surface area contributed by atoms with E-state index in [1.54, 1.807) is 17.7 Å². The minimum Gasteiger partial charge on any atom is -0.316 e. The monoisotopic (exact) mass is 1570 g/mol. The van der Waals surface area contributed by atoms with Crippen LogP contribution in [0.15, 0.2) is 413 Å². The number of para-hydroxylation sites is 6. The maximum Gasteiger partial charge on any atom is 0.138 e. The van der Waals surface area contributed by atoms with Crippen LogP contribution in [0.1, 0.15) is 25.1 Å². The molecule has 0 spiro atoms. The molecular formula is C110H74N10S. The Morgan fingerprint density at radius 1 is 0.322 bits per heavy atom. The second-order valence-electron chi connectivity index (χ2n) is 31.5. The summed E-state index contributed by atoms with van der Waals surface area (Å²) in [4.78, 5) is 29.3. The summed E-state index contributed by atoms with van der Waals surface area (Å²) in [6, 6.07) is 134. The molecule has 0 saturated heterocycles. The Morgan fingerprint density at radius 2 is 0.950 bits per heavy atom. The first-order valence-electron chi connectivity index (χ1n) is 41.0. The van der Waals surface area contributed by atoms with Crippen molar-refractivity contribution in [2.75, 3.05) is 9.80 Å². The van der Waals surface area contributed by atoms with Crippen LogP contribution in [0.25, 0.3) is 171 Å². The molecule has 0 radical (unpaired) electrons. The number of thiophene rings is 1. The van der Waals surface area contributed by atoms with Gasteiger partial charge in [-0.3, -0.25) is 9.88 Å². The molecule has 10 nitrogen and oxygen atoms in total. The fourth-order valence-corrected chi connectivity index (χ4v) is 19.6. The fraction of sp³-hybridized carbons (Fsp3) is 0.0273. The lowest BCUT2D eigenvalue weighted by Gasteiger charge is -2.28. The summed E-state index contributed by atoms with van der Waals surface area (Å²) in [5.74, 6) is 0.884. The van der Waals surface area contributed by atoms with E-state index in [-0.39, 0.29) is 5.41 Å². The number of pyridine rings is 3. The van der Waals surface area contributed by atoms with E-state index in [1.165, 1.54) is 92.9 Å². The van der Waals surface area contributed by atoms with Crippen molar-refractivity contribution in [3.8, 4) is 106 Å². The first-order chi connectivity index (χ1) is 59.8. The molecule has 0 atom stereocenters. The zero-order valence-electron chi connectivity index (χ0n) is 66.1. The Bertz CT molecular complexity index is 7780. The summed E-state index contributed by atoms with van der Waals surface area (Å²) in [7, 11) is 0.